The molecule has 0 amide bonds. The Morgan fingerprint density at radius 1 is 1.14 bits per heavy atom. The van der Waals surface area contributed by atoms with E-state index in [1.807, 2.05) is 12.1 Å². The molecule has 8 nitrogen and oxygen atoms in total. The number of hydrogen-bond acceptors (Lipinski definition) is 6. The Labute approximate surface area is 176 Å². The van der Waals surface area contributed by atoms with E-state index >= 15 is 0 Å². The molecule has 1 aromatic carbocycles. The van der Waals surface area contributed by atoms with Gasteiger partial charge in [-0.25, -0.2) is 9.48 Å². The maximum atomic E-state index is 11.1. The van der Waals surface area contributed by atoms with E-state index in [1.165, 1.54) is 5.56 Å². The molecule has 0 bridgehead atoms. The van der Waals surface area contributed by atoms with Crippen molar-refractivity contribution < 1.29 is 14.6 Å². The third kappa shape index (κ3) is 3.76. The molecule has 2 aromatic rings. The van der Waals surface area contributed by atoms with Crippen molar-refractivity contribution in [1.29, 1.82) is 0 Å². The number of carboxylic acids is 1. The molecule has 3 heterocycles. The minimum absolute atomic E-state index is 0. The number of aryl methyl sites for hydroxylation is 1. The van der Waals surface area contributed by atoms with Crippen LogP contribution in [-0.2, 0) is 7.05 Å². The third-order valence-electron chi connectivity index (χ3n) is 5.57. The molecule has 0 aliphatic carbocycles. The van der Waals surface area contributed by atoms with Crippen molar-refractivity contribution in [1.82, 2.24) is 19.7 Å². The van der Waals surface area contributed by atoms with E-state index in [-0.39, 0.29) is 30.6 Å². The van der Waals surface area contributed by atoms with E-state index in [9.17, 15) is 4.79 Å². The number of aromatic nitrogens is 3. The van der Waals surface area contributed by atoms with Gasteiger partial charge in [-0.2, -0.15) is 4.98 Å². The van der Waals surface area contributed by atoms with Gasteiger partial charge in [-0.05, 0) is 30.7 Å². The van der Waals surface area contributed by atoms with Crippen LogP contribution in [0.1, 0.15) is 22.2 Å². The monoisotopic (exact) mass is 429 g/mol. The summed E-state index contributed by atoms with van der Waals surface area (Å²) in [5.41, 5.74) is 1.28. The van der Waals surface area contributed by atoms with E-state index in [1.54, 1.807) is 18.8 Å². The minimum Gasteiger partial charge on any atom is -0.497 e. The molecule has 2 aliphatic rings. The molecule has 154 valence electrons. The average Bonchev–Trinajstić information content (AvgIpc) is 3.27. The highest BCUT2D eigenvalue weighted by Gasteiger charge is 2.47. The lowest BCUT2D eigenvalue weighted by Crippen LogP contribution is -2.30. The second kappa shape index (κ2) is 8.55. The van der Waals surface area contributed by atoms with Crippen LogP contribution in [0.2, 0.25) is 0 Å². The molecule has 4 rings (SSSR count). The molecule has 10 heteroatoms. The van der Waals surface area contributed by atoms with E-state index in [4.69, 9.17) is 9.84 Å². The zero-order valence-corrected chi connectivity index (χ0v) is 17.6. The summed E-state index contributed by atoms with van der Waals surface area (Å²) in [6, 6.07) is 8.62. The van der Waals surface area contributed by atoms with Gasteiger partial charge < -0.3 is 14.7 Å². The van der Waals surface area contributed by atoms with Gasteiger partial charge in [0.1, 0.15) is 5.75 Å². The number of aromatic carboxylic acids is 1. The Bertz CT molecular complexity index is 829. The Morgan fingerprint density at radius 3 is 2.39 bits per heavy atom. The average molecular weight is 430 g/mol. The topological polar surface area (TPSA) is 83.7 Å². The van der Waals surface area contributed by atoms with Crippen molar-refractivity contribution in [3.05, 3.63) is 35.7 Å². The number of carbonyl (C=O) groups is 1. The van der Waals surface area contributed by atoms with Crippen LogP contribution in [0.4, 0.5) is 5.95 Å². The molecule has 2 fully saturated rings. The van der Waals surface area contributed by atoms with Crippen LogP contribution in [0.3, 0.4) is 0 Å². The quantitative estimate of drug-likeness (QED) is 0.796. The number of carboxylic acid groups (broad SMARTS) is 1. The summed E-state index contributed by atoms with van der Waals surface area (Å²) in [7, 11) is 5.59. The first kappa shape index (κ1) is 22.3. The highest BCUT2D eigenvalue weighted by molar-refractivity contribution is 5.85. The zero-order chi connectivity index (χ0) is 18.4. The summed E-state index contributed by atoms with van der Waals surface area (Å²) in [4.78, 5) is 19.9. The molecule has 0 spiro atoms. The highest BCUT2D eigenvalue weighted by Crippen LogP contribution is 2.45. The molecule has 1 aromatic heterocycles. The smallest absolute Gasteiger partial charge is 0.375 e. The summed E-state index contributed by atoms with van der Waals surface area (Å²) in [6.45, 7) is 2.73. The minimum atomic E-state index is -1.10. The van der Waals surface area contributed by atoms with E-state index in [0.717, 1.165) is 25.4 Å². The molecule has 28 heavy (non-hydrogen) atoms. The molecular weight excluding hydrogens is 405 g/mol. The number of methoxy groups -OCH3 is 1. The Hall–Kier alpha value is -2.03. The first-order chi connectivity index (χ1) is 12.5. The van der Waals surface area contributed by atoms with Crippen LogP contribution in [-0.4, -0.2) is 64.5 Å². The van der Waals surface area contributed by atoms with Crippen LogP contribution in [0, 0.1) is 11.8 Å². The van der Waals surface area contributed by atoms with Gasteiger partial charge in [-0.15, -0.1) is 29.9 Å². The van der Waals surface area contributed by atoms with Crippen molar-refractivity contribution in [2.75, 3.05) is 38.7 Å². The number of hydrogen-bond donors (Lipinski definition) is 1. The van der Waals surface area contributed by atoms with Gasteiger partial charge in [0.2, 0.25) is 5.95 Å². The summed E-state index contributed by atoms with van der Waals surface area (Å²) < 4.78 is 6.83. The Balaban J connectivity index is 0.00000140. The first-order valence-corrected chi connectivity index (χ1v) is 8.71. The number of halogens is 2. The fourth-order valence-electron chi connectivity index (χ4n) is 4.47. The molecular formula is C18H25Cl2N5O3. The third-order valence-corrected chi connectivity index (χ3v) is 5.57. The predicted octanol–water partition coefficient (Wildman–Crippen LogP) is 2.10. The van der Waals surface area contributed by atoms with Gasteiger partial charge in [-0.1, -0.05) is 12.1 Å². The summed E-state index contributed by atoms with van der Waals surface area (Å²) in [6.07, 6.45) is 0. The largest absolute Gasteiger partial charge is 0.497 e. The molecule has 2 saturated heterocycles. The SMILES string of the molecule is COc1ccc([C@H]2[C@@H]3CN(c4nc(C(=O)O)nn4C)C[C@@H]3CN2C)cc1.Cl.Cl. The van der Waals surface area contributed by atoms with Crippen LogP contribution < -0.4 is 9.64 Å². The number of anilines is 1. The summed E-state index contributed by atoms with van der Waals surface area (Å²) >= 11 is 0. The fraction of sp³-hybridized carbons (Fsp3) is 0.500. The number of likely N-dealkylation sites (tertiary alicyclic amines) is 1. The fourth-order valence-corrected chi connectivity index (χ4v) is 4.47. The molecule has 0 unspecified atom stereocenters. The van der Waals surface area contributed by atoms with Gasteiger partial charge >= 0.3 is 5.97 Å². The summed E-state index contributed by atoms with van der Waals surface area (Å²) in [5, 5.41) is 13.1. The second-order valence-corrected chi connectivity index (χ2v) is 7.15. The number of fused-ring (bicyclic) bond motifs is 1. The molecule has 1 N–H and O–H groups in total. The lowest BCUT2D eigenvalue weighted by Gasteiger charge is -2.27. The number of ether oxygens (including phenoxy) is 1. The van der Waals surface area contributed by atoms with Crippen LogP contribution in [0.5, 0.6) is 5.75 Å². The van der Waals surface area contributed by atoms with Crippen LogP contribution >= 0.6 is 24.8 Å². The van der Waals surface area contributed by atoms with E-state index in [2.05, 4.69) is 39.1 Å². The van der Waals surface area contributed by atoms with Gasteiger partial charge in [0.05, 0.1) is 7.11 Å². The van der Waals surface area contributed by atoms with Gasteiger partial charge in [0.15, 0.2) is 0 Å². The standard InChI is InChI=1S/C18H23N5O3.2ClH/c1-21-8-12-9-23(18-19-16(17(24)25)20-22(18)2)10-14(12)15(21)11-4-6-13(26-3)7-5-11;;/h4-7,12,14-15H,8-10H2,1-3H3,(H,24,25);2*1H/t12-,14+,15-;;/m0../s1. The molecule has 3 atom stereocenters. The number of nitrogens with zero attached hydrogens (tertiary/aromatic N) is 5. The highest BCUT2D eigenvalue weighted by atomic mass is 35.5. The molecule has 0 saturated carbocycles. The van der Waals surface area contributed by atoms with Crippen molar-refractivity contribution in [2.24, 2.45) is 18.9 Å². The normalized spacial score (nSPS) is 23.7. The zero-order valence-electron chi connectivity index (χ0n) is 16.0. The Morgan fingerprint density at radius 2 is 1.82 bits per heavy atom. The lowest BCUT2D eigenvalue weighted by molar-refractivity contribution is 0.0683. The molecule has 0 radical (unpaired) electrons. The number of benzene rings is 1. The maximum Gasteiger partial charge on any atom is 0.375 e. The van der Waals surface area contributed by atoms with Gasteiger partial charge in [0.25, 0.3) is 5.82 Å². The predicted molar refractivity (Wildman–Crippen MR) is 110 cm³/mol. The van der Waals surface area contributed by atoms with Crippen molar-refractivity contribution in [3.8, 4) is 5.75 Å². The van der Waals surface area contributed by atoms with E-state index in [0.29, 0.717) is 23.8 Å². The maximum absolute atomic E-state index is 11.1. The number of rotatable bonds is 4. The van der Waals surface area contributed by atoms with Crippen LogP contribution in [0.25, 0.3) is 0 Å². The van der Waals surface area contributed by atoms with Gasteiger partial charge in [0, 0.05) is 38.6 Å². The van der Waals surface area contributed by atoms with Crippen LogP contribution in [0.15, 0.2) is 24.3 Å². The summed E-state index contributed by atoms with van der Waals surface area (Å²) in [5.74, 6) is 1.24. The van der Waals surface area contributed by atoms with Crippen molar-refractivity contribution in [3.63, 3.8) is 0 Å². The second-order valence-electron chi connectivity index (χ2n) is 7.15. The lowest BCUT2D eigenvalue weighted by atomic mass is 9.89. The Kier molecular flexibility index (Phi) is 6.80. The van der Waals surface area contributed by atoms with Crippen molar-refractivity contribution in [2.45, 2.75) is 6.04 Å². The van der Waals surface area contributed by atoms with Gasteiger partial charge in [-0.3, -0.25) is 4.90 Å². The van der Waals surface area contributed by atoms with E-state index < -0.39 is 5.97 Å². The molecule has 2 aliphatic heterocycles. The first-order valence-electron chi connectivity index (χ1n) is 8.71. The van der Waals surface area contributed by atoms with Crippen molar-refractivity contribution >= 4 is 36.7 Å².